The third kappa shape index (κ3) is 9.74. The lowest BCUT2D eigenvalue weighted by molar-refractivity contribution is -0.137. The first-order valence-corrected chi connectivity index (χ1v) is 5.58. The van der Waals surface area contributed by atoms with Gasteiger partial charge in [-0.2, -0.15) is 12.6 Å². The summed E-state index contributed by atoms with van der Waals surface area (Å²) in [4.78, 5) is 10.2. The number of carboxylic acids is 1. The first-order chi connectivity index (χ1) is 6.16. The van der Waals surface area contributed by atoms with Gasteiger partial charge in [0.15, 0.2) is 0 Å². The maximum absolute atomic E-state index is 10.2. The maximum Gasteiger partial charge on any atom is 0.303 e. The van der Waals surface area contributed by atoms with Crippen LogP contribution in [0, 0.1) is 0 Å². The van der Waals surface area contributed by atoms with Crippen LogP contribution in [0.15, 0.2) is 0 Å². The van der Waals surface area contributed by atoms with Crippen LogP contribution in [-0.4, -0.2) is 16.3 Å². The molecule has 0 amide bonds. The minimum atomic E-state index is -0.700. The summed E-state index contributed by atoms with van der Waals surface area (Å²) >= 11 is 4.41. The molecule has 13 heavy (non-hydrogen) atoms. The van der Waals surface area contributed by atoms with E-state index in [0.29, 0.717) is 5.25 Å². The van der Waals surface area contributed by atoms with E-state index < -0.39 is 5.97 Å². The number of hydrogen-bond acceptors (Lipinski definition) is 2. The standard InChI is InChI=1S/C10H20O2S/c1-2-3-4-6-9(13)7-5-8-10(11)12/h9,13H,2-8H2,1H3,(H,11,12). The van der Waals surface area contributed by atoms with Crippen molar-refractivity contribution in [2.45, 2.75) is 57.1 Å². The average molecular weight is 204 g/mol. The Balaban J connectivity index is 3.19. The molecular formula is C10H20O2S. The summed E-state index contributed by atoms with van der Waals surface area (Å²) in [6, 6.07) is 0. The number of carboxylic acid groups (broad SMARTS) is 1. The minimum absolute atomic E-state index is 0.283. The number of thiol groups is 1. The van der Waals surface area contributed by atoms with Crippen molar-refractivity contribution in [1.82, 2.24) is 0 Å². The zero-order chi connectivity index (χ0) is 10.1. The highest BCUT2D eigenvalue weighted by atomic mass is 32.1. The van der Waals surface area contributed by atoms with Gasteiger partial charge in [0.1, 0.15) is 0 Å². The topological polar surface area (TPSA) is 37.3 Å². The molecule has 0 fully saturated rings. The van der Waals surface area contributed by atoms with Crippen molar-refractivity contribution >= 4 is 18.6 Å². The second-order valence-electron chi connectivity index (χ2n) is 3.44. The Labute approximate surface area is 86.1 Å². The fraction of sp³-hybridized carbons (Fsp3) is 0.900. The highest BCUT2D eigenvalue weighted by molar-refractivity contribution is 7.80. The fourth-order valence-corrected chi connectivity index (χ4v) is 1.63. The van der Waals surface area contributed by atoms with Gasteiger partial charge in [0, 0.05) is 11.7 Å². The molecule has 0 saturated heterocycles. The van der Waals surface area contributed by atoms with E-state index in [-0.39, 0.29) is 6.42 Å². The molecule has 0 aromatic rings. The van der Waals surface area contributed by atoms with Crippen LogP contribution in [0.2, 0.25) is 0 Å². The zero-order valence-corrected chi connectivity index (χ0v) is 9.22. The molecule has 1 N–H and O–H groups in total. The van der Waals surface area contributed by atoms with Crippen molar-refractivity contribution in [1.29, 1.82) is 0 Å². The van der Waals surface area contributed by atoms with Crippen molar-refractivity contribution in [3.8, 4) is 0 Å². The quantitative estimate of drug-likeness (QED) is 0.471. The summed E-state index contributed by atoms with van der Waals surface area (Å²) in [7, 11) is 0. The van der Waals surface area contributed by atoms with Crippen LogP contribution in [-0.2, 0) is 4.79 Å². The lowest BCUT2D eigenvalue weighted by Gasteiger charge is -2.08. The molecule has 1 unspecified atom stereocenters. The summed E-state index contributed by atoms with van der Waals surface area (Å²) in [5.41, 5.74) is 0. The molecule has 0 aromatic heterocycles. The molecule has 0 rings (SSSR count). The molecule has 1 atom stereocenters. The molecule has 2 nitrogen and oxygen atoms in total. The first-order valence-electron chi connectivity index (χ1n) is 5.06. The van der Waals surface area contributed by atoms with Crippen LogP contribution in [0.4, 0.5) is 0 Å². The van der Waals surface area contributed by atoms with E-state index in [0.717, 1.165) is 19.3 Å². The molecule has 0 saturated carbocycles. The number of rotatable bonds is 8. The Hall–Kier alpha value is -0.180. The van der Waals surface area contributed by atoms with Crippen molar-refractivity contribution in [2.75, 3.05) is 0 Å². The fourth-order valence-electron chi connectivity index (χ4n) is 1.26. The van der Waals surface area contributed by atoms with E-state index in [4.69, 9.17) is 5.11 Å². The van der Waals surface area contributed by atoms with Crippen molar-refractivity contribution in [3.05, 3.63) is 0 Å². The van der Waals surface area contributed by atoms with Gasteiger partial charge in [0.25, 0.3) is 0 Å². The molecule has 0 heterocycles. The zero-order valence-electron chi connectivity index (χ0n) is 8.33. The highest BCUT2D eigenvalue weighted by Crippen LogP contribution is 2.14. The molecule has 0 bridgehead atoms. The first kappa shape index (κ1) is 12.8. The second kappa shape index (κ2) is 8.42. The van der Waals surface area contributed by atoms with Crippen LogP contribution < -0.4 is 0 Å². The van der Waals surface area contributed by atoms with Gasteiger partial charge < -0.3 is 5.11 Å². The van der Waals surface area contributed by atoms with E-state index in [2.05, 4.69) is 19.6 Å². The van der Waals surface area contributed by atoms with E-state index in [1.807, 2.05) is 0 Å². The molecule has 0 aromatic carbocycles. The summed E-state index contributed by atoms with van der Waals surface area (Å²) < 4.78 is 0. The Morgan fingerprint density at radius 1 is 1.31 bits per heavy atom. The molecule has 3 heteroatoms. The van der Waals surface area contributed by atoms with Gasteiger partial charge >= 0.3 is 5.97 Å². The predicted molar refractivity (Wildman–Crippen MR) is 58.4 cm³/mol. The summed E-state index contributed by atoms with van der Waals surface area (Å²) in [6.45, 7) is 2.18. The normalized spacial score (nSPS) is 12.8. The van der Waals surface area contributed by atoms with Crippen LogP contribution in [0.25, 0.3) is 0 Å². The van der Waals surface area contributed by atoms with Gasteiger partial charge in [-0.15, -0.1) is 0 Å². The number of hydrogen-bond donors (Lipinski definition) is 2. The molecule has 0 aliphatic carbocycles. The van der Waals surface area contributed by atoms with E-state index in [1.54, 1.807) is 0 Å². The van der Waals surface area contributed by atoms with Crippen molar-refractivity contribution in [2.24, 2.45) is 0 Å². The Kier molecular flexibility index (Phi) is 8.30. The molecule has 78 valence electrons. The Morgan fingerprint density at radius 2 is 1.92 bits per heavy atom. The second-order valence-corrected chi connectivity index (χ2v) is 4.17. The summed E-state index contributed by atoms with van der Waals surface area (Å²) in [5, 5.41) is 8.81. The van der Waals surface area contributed by atoms with Crippen LogP contribution in [0.5, 0.6) is 0 Å². The van der Waals surface area contributed by atoms with E-state index in [1.165, 1.54) is 19.3 Å². The largest absolute Gasteiger partial charge is 0.481 e. The highest BCUT2D eigenvalue weighted by Gasteiger charge is 2.04. The van der Waals surface area contributed by atoms with E-state index >= 15 is 0 Å². The van der Waals surface area contributed by atoms with Gasteiger partial charge in [0.2, 0.25) is 0 Å². The van der Waals surface area contributed by atoms with Crippen molar-refractivity contribution < 1.29 is 9.90 Å². The maximum atomic E-state index is 10.2. The number of carbonyl (C=O) groups is 1. The Morgan fingerprint density at radius 3 is 2.46 bits per heavy atom. The van der Waals surface area contributed by atoms with E-state index in [9.17, 15) is 4.79 Å². The predicted octanol–water partition coefficient (Wildman–Crippen LogP) is 3.12. The smallest absolute Gasteiger partial charge is 0.303 e. The monoisotopic (exact) mass is 204 g/mol. The number of unbranched alkanes of at least 4 members (excludes halogenated alkanes) is 2. The van der Waals surface area contributed by atoms with Gasteiger partial charge in [-0.05, 0) is 19.3 Å². The van der Waals surface area contributed by atoms with Gasteiger partial charge in [0.05, 0.1) is 0 Å². The lowest BCUT2D eigenvalue weighted by Crippen LogP contribution is -2.01. The van der Waals surface area contributed by atoms with Crippen LogP contribution in [0.3, 0.4) is 0 Å². The SMILES string of the molecule is CCCCCC(S)CCCC(=O)O. The van der Waals surface area contributed by atoms with Gasteiger partial charge in [-0.3, -0.25) is 4.79 Å². The molecule has 0 aliphatic rings. The lowest BCUT2D eigenvalue weighted by atomic mass is 10.1. The third-order valence-electron chi connectivity index (χ3n) is 2.07. The molecular weight excluding hydrogens is 184 g/mol. The van der Waals surface area contributed by atoms with Crippen LogP contribution >= 0.6 is 12.6 Å². The molecule has 0 spiro atoms. The summed E-state index contributed by atoms with van der Waals surface area (Å²) in [5.74, 6) is -0.700. The van der Waals surface area contributed by atoms with Gasteiger partial charge in [-0.25, -0.2) is 0 Å². The van der Waals surface area contributed by atoms with Gasteiger partial charge in [-0.1, -0.05) is 26.2 Å². The third-order valence-corrected chi connectivity index (χ3v) is 2.59. The van der Waals surface area contributed by atoms with Crippen LogP contribution in [0.1, 0.15) is 51.9 Å². The number of aliphatic carboxylic acids is 1. The molecule has 0 aliphatic heterocycles. The average Bonchev–Trinajstić information content (AvgIpc) is 2.04. The minimum Gasteiger partial charge on any atom is -0.481 e. The van der Waals surface area contributed by atoms with Crippen molar-refractivity contribution in [3.63, 3.8) is 0 Å². The summed E-state index contributed by atoms with van der Waals surface area (Å²) in [6.07, 6.45) is 6.81. The molecule has 0 radical (unpaired) electrons. The Bertz CT molecular complexity index is 137.